The molecule has 1 saturated heterocycles. The first-order valence-corrected chi connectivity index (χ1v) is 7.07. The van der Waals surface area contributed by atoms with Crippen LogP contribution in [-0.2, 0) is 11.3 Å². The van der Waals surface area contributed by atoms with Crippen molar-refractivity contribution >= 4 is 16.6 Å². The van der Waals surface area contributed by atoms with Crippen LogP contribution in [0.5, 0.6) is 0 Å². The van der Waals surface area contributed by atoms with Crippen molar-refractivity contribution < 1.29 is 9.66 Å². The summed E-state index contributed by atoms with van der Waals surface area (Å²) in [5, 5.41) is 16.4. The van der Waals surface area contributed by atoms with Crippen molar-refractivity contribution in [2.24, 2.45) is 0 Å². The van der Waals surface area contributed by atoms with E-state index in [9.17, 15) is 10.1 Å². The van der Waals surface area contributed by atoms with Crippen molar-refractivity contribution in [2.45, 2.75) is 13.5 Å². The maximum Gasteiger partial charge on any atom is 0.271 e. The summed E-state index contributed by atoms with van der Waals surface area (Å²) in [4.78, 5) is 12.9. The van der Waals surface area contributed by atoms with Gasteiger partial charge in [-0.1, -0.05) is 0 Å². The first-order valence-electron chi connectivity index (χ1n) is 7.07. The predicted octanol–water partition coefficient (Wildman–Crippen LogP) is 1.59. The van der Waals surface area contributed by atoms with E-state index in [0.717, 1.165) is 56.0 Å². The number of benzene rings is 1. The highest BCUT2D eigenvalue weighted by atomic mass is 16.6. The first-order chi connectivity index (χ1) is 10.1. The average molecular weight is 290 g/mol. The molecule has 21 heavy (non-hydrogen) atoms. The van der Waals surface area contributed by atoms with E-state index in [-0.39, 0.29) is 10.6 Å². The molecule has 0 unspecified atom stereocenters. The van der Waals surface area contributed by atoms with Crippen LogP contribution < -0.4 is 0 Å². The number of hydrogen-bond donors (Lipinski definition) is 0. The second-order valence-electron chi connectivity index (χ2n) is 5.22. The monoisotopic (exact) mass is 290 g/mol. The van der Waals surface area contributed by atoms with E-state index in [0.29, 0.717) is 0 Å². The minimum Gasteiger partial charge on any atom is -0.379 e. The van der Waals surface area contributed by atoms with Crippen molar-refractivity contribution in [3.8, 4) is 0 Å². The normalized spacial score (nSPS) is 16.4. The highest BCUT2D eigenvalue weighted by molar-refractivity contribution is 5.83. The summed E-state index contributed by atoms with van der Waals surface area (Å²) in [5.41, 5.74) is 1.84. The zero-order valence-corrected chi connectivity index (χ0v) is 12.0. The largest absolute Gasteiger partial charge is 0.379 e. The molecule has 112 valence electrons. The van der Waals surface area contributed by atoms with Gasteiger partial charge in [0.25, 0.3) is 5.69 Å². The SMILES string of the molecule is Cc1nn(CCN2CCOCC2)c2cc([N+](=O)[O-])ccc12. The number of non-ortho nitro benzene ring substituents is 1. The van der Waals surface area contributed by atoms with E-state index in [2.05, 4.69) is 10.00 Å². The summed E-state index contributed by atoms with van der Waals surface area (Å²) in [6.07, 6.45) is 0. The third-order valence-corrected chi connectivity index (χ3v) is 3.86. The fourth-order valence-corrected chi connectivity index (χ4v) is 2.67. The van der Waals surface area contributed by atoms with E-state index < -0.39 is 0 Å². The lowest BCUT2D eigenvalue weighted by atomic mass is 10.2. The quantitative estimate of drug-likeness (QED) is 0.631. The molecule has 0 saturated carbocycles. The van der Waals surface area contributed by atoms with Crippen molar-refractivity contribution in [3.63, 3.8) is 0 Å². The van der Waals surface area contributed by atoms with Crippen molar-refractivity contribution in [3.05, 3.63) is 34.0 Å². The zero-order valence-electron chi connectivity index (χ0n) is 12.0. The Hall–Kier alpha value is -1.99. The molecule has 2 aromatic rings. The summed E-state index contributed by atoms with van der Waals surface area (Å²) in [6, 6.07) is 4.92. The van der Waals surface area contributed by atoms with E-state index >= 15 is 0 Å². The molecule has 7 heteroatoms. The Bertz CT molecular complexity index is 662. The Morgan fingerprint density at radius 2 is 2.10 bits per heavy atom. The maximum atomic E-state index is 10.9. The third kappa shape index (κ3) is 2.88. The molecule has 0 amide bonds. The highest BCUT2D eigenvalue weighted by Gasteiger charge is 2.15. The number of nitrogens with zero attached hydrogens (tertiary/aromatic N) is 4. The molecule has 3 rings (SSSR count). The van der Waals surface area contributed by atoms with Gasteiger partial charge in [-0.15, -0.1) is 0 Å². The van der Waals surface area contributed by atoms with Gasteiger partial charge in [-0.2, -0.15) is 5.10 Å². The molecular weight excluding hydrogens is 272 g/mol. The topological polar surface area (TPSA) is 73.4 Å². The predicted molar refractivity (Wildman–Crippen MR) is 78.4 cm³/mol. The number of morpholine rings is 1. The summed E-state index contributed by atoms with van der Waals surface area (Å²) in [6.45, 7) is 6.93. The number of nitro groups is 1. The molecule has 0 spiro atoms. The van der Waals surface area contributed by atoms with Crippen molar-refractivity contribution in [1.29, 1.82) is 0 Å². The zero-order chi connectivity index (χ0) is 14.8. The van der Waals surface area contributed by atoms with E-state index in [1.165, 1.54) is 6.07 Å². The minimum absolute atomic E-state index is 0.107. The number of rotatable bonds is 4. The molecule has 0 aliphatic carbocycles. The lowest BCUT2D eigenvalue weighted by molar-refractivity contribution is -0.384. The number of aryl methyl sites for hydroxylation is 1. The lowest BCUT2D eigenvalue weighted by Gasteiger charge is -2.26. The van der Waals surface area contributed by atoms with Gasteiger partial charge in [0.2, 0.25) is 0 Å². The van der Waals surface area contributed by atoms with Gasteiger partial charge in [-0.05, 0) is 13.0 Å². The van der Waals surface area contributed by atoms with Gasteiger partial charge < -0.3 is 4.74 Å². The van der Waals surface area contributed by atoms with Crippen molar-refractivity contribution in [1.82, 2.24) is 14.7 Å². The summed E-state index contributed by atoms with van der Waals surface area (Å²) in [7, 11) is 0. The Morgan fingerprint density at radius 1 is 1.33 bits per heavy atom. The molecule has 1 aromatic carbocycles. The maximum absolute atomic E-state index is 10.9. The standard InChI is InChI=1S/C14H18N4O3/c1-11-13-3-2-12(18(19)20)10-14(13)17(15-11)5-4-16-6-8-21-9-7-16/h2-3,10H,4-9H2,1H3. The molecular formula is C14H18N4O3. The van der Waals surface area contributed by atoms with E-state index in [1.54, 1.807) is 12.1 Å². The smallest absolute Gasteiger partial charge is 0.271 e. The summed E-state index contributed by atoms with van der Waals surface area (Å²) < 4.78 is 7.20. The average Bonchev–Trinajstić information content (AvgIpc) is 2.82. The molecule has 0 radical (unpaired) electrons. The fraction of sp³-hybridized carbons (Fsp3) is 0.500. The van der Waals surface area contributed by atoms with Crippen LogP contribution >= 0.6 is 0 Å². The number of hydrogen-bond acceptors (Lipinski definition) is 5. The molecule has 1 fully saturated rings. The summed E-state index contributed by atoms with van der Waals surface area (Å²) in [5.74, 6) is 0. The fourth-order valence-electron chi connectivity index (χ4n) is 2.67. The van der Waals surface area contributed by atoms with Gasteiger partial charge in [-0.25, -0.2) is 0 Å². The van der Waals surface area contributed by atoms with E-state index in [4.69, 9.17) is 4.74 Å². The highest BCUT2D eigenvalue weighted by Crippen LogP contribution is 2.23. The molecule has 1 aliphatic rings. The van der Waals surface area contributed by atoms with Crippen molar-refractivity contribution in [2.75, 3.05) is 32.8 Å². The molecule has 0 atom stereocenters. The third-order valence-electron chi connectivity index (χ3n) is 3.86. The Kier molecular flexibility index (Phi) is 3.85. The molecule has 2 heterocycles. The van der Waals surface area contributed by atoms with Crippen LogP contribution in [0, 0.1) is 17.0 Å². The van der Waals surface area contributed by atoms with Gasteiger partial charge in [0.15, 0.2) is 0 Å². The van der Waals surface area contributed by atoms with Crippen LogP contribution in [0.3, 0.4) is 0 Å². The molecule has 0 N–H and O–H groups in total. The Labute approximate surface area is 122 Å². The minimum atomic E-state index is -0.367. The number of ether oxygens (including phenoxy) is 1. The molecule has 1 aliphatic heterocycles. The molecule has 1 aromatic heterocycles. The number of aromatic nitrogens is 2. The van der Waals surface area contributed by atoms with Gasteiger partial charge in [0.05, 0.1) is 35.9 Å². The lowest BCUT2D eigenvalue weighted by Crippen LogP contribution is -2.38. The van der Waals surface area contributed by atoms with Gasteiger partial charge >= 0.3 is 0 Å². The van der Waals surface area contributed by atoms with Crippen LogP contribution in [0.15, 0.2) is 18.2 Å². The van der Waals surface area contributed by atoms with Crippen LogP contribution in [0.2, 0.25) is 0 Å². The van der Waals surface area contributed by atoms with Gasteiger partial charge in [0, 0.05) is 37.2 Å². The second-order valence-corrected chi connectivity index (χ2v) is 5.22. The second kappa shape index (κ2) is 5.79. The van der Waals surface area contributed by atoms with Crippen LogP contribution in [0.1, 0.15) is 5.69 Å². The Morgan fingerprint density at radius 3 is 2.81 bits per heavy atom. The Balaban J connectivity index is 1.83. The van der Waals surface area contributed by atoms with Crippen LogP contribution in [-0.4, -0.2) is 52.5 Å². The summed E-state index contributed by atoms with van der Waals surface area (Å²) >= 11 is 0. The van der Waals surface area contributed by atoms with Crippen LogP contribution in [0.25, 0.3) is 10.9 Å². The van der Waals surface area contributed by atoms with Gasteiger partial charge in [0.1, 0.15) is 0 Å². The number of nitro benzene ring substituents is 1. The van der Waals surface area contributed by atoms with E-state index in [1.807, 2.05) is 11.6 Å². The molecule has 7 nitrogen and oxygen atoms in total. The van der Waals surface area contributed by atoms with Crippen LogP contribution in [0.4, 0.5) is 5.69 Å². The first kappa shape index (κ1) is 14.0. The van der Waals surface area contributed by atoms with Gasteiger partial charge in [-0.3, -0.25) is 19.7 Å². The molecule has 0 bridgehead atoms. The number of fused-ring (bicyclic) bond motifs is 1.